The molecule has 0 radical (unpaired) electrons. The van der Waals surface area contributed by atoms with Crippen molar-refractivity contribution in [1.82, 2.24) is 10.1 Å². The molecule has 3 rings (SSSR count). The van der Waals surface area contributed by atoms with Crippen molar-refractivity contribution in [2.24, 2.45) is 17.6 Å². The number of nitrogens with zero attached hydrogens (tertiary/aromatic N) is 2. The van der Waals surface area contributed by atoms with E-state index in [1.165, 1.54) is 38.5 Å². The highest BCUT2D eigenvalue weighted by Gasteiger charge is 2.26. The Bertz CT molecular complexity index is 366. The van der Waals surface area contributed by atoms with E-state index >= 15 is 0 Å². The molecule has 2 fully saturated rings. The van der Waals surface area contributed by atoms with Gasteiger partial charge in [0.15, 0.2) is 5.82 Å². The zero-order valence-electron chi connectivity index (χ0n) is 10.3. The third-order valence-corrected chi connectivity index (χ3v) is 4.09. The van der Waals surface area contributed by atoms with Gasteiger partial charge >= 0.3 is 0 Å². The van der Waals surface area contributed by atoms with Gasteiger partial charge in [0.1, 0.15) is 0 Å². The van der Waals surface area contributed by atoms with Gasteiger partial charge in [-0.1, -0.05) is 18.0 Å². The van der Waals surface area contributed by atoms with Gasteiger partial charge in [0.05, 0.1) is 0 Å². The molecular weight excluding hydrogens is 214 g/mol. The van der Waals surface area contributed by atoms with Crippen LogP contribution in [0.3, 0.4) is 0 Å². The van der Waals surface area contributed by atoms with Crippen LogP contribution < -0.4 is 5.73 Å². The summed E-state index contributed by atoms with van der Waals surface area (Å²) in [6.45, 7) is 0. The molecule has 0 aromatic carbocycles. The normalized spacial score (nSPS) is 23.1. The Kier molecular flexibility index (Phi) is 3.14. The first-order chi connectivity index (χ1) is 8.31. The lowest BCUT2D eigenvalue weighted by molar-refractivity contribution is 0.338. The molecule has 94 valence electrons. The molecule has 1 unspecified atom stereocenters. The van der Waals surface area contributed by atoms with E-state index in [0.717, 1.165) is 30.5 Å². The Hall–Kier alpha value is -0.900. The van der Waals surface area contributed by atoms with Crippen molar-refractivity contribution >= 4 is 0 Å². The van der Waals surface area contributed by atoms with E-state index in [-0.39, 0.29) is 6.04 Å². The van der Waals surface area contributed by atoms with Gasteiger partial charge in [-0.05, 0) is 37.5 Å². The summed E-state index contributed by atoms with van der Waals surface area (Å²) in [5, 5.41) is 4.03. The van der Waals surface area contributed by atoms with Crippen LogP contribution >= 0.6 is 0 Å². The highest BCUT2D eigenvalue weighted by Crippen LogP contribution is 2.32. The van der Waals surface area contributed by atoms with Crippen molar-refractivity contribution in [3.63, 3.8) is 0 Å². The van der Waals surface area contributed by atoms with Gasteiger partial charge in [-0.3, -0.25) is 0 Å². The van der Waals surface area contributed by atoms with Crippen molar-refractivity contribution < 1.29 is 4.52 Å². The predicted molar refractivity (Wildman–Crippen MR) is 64.4 cm³/mol. The maximum absolute atomic E-state index is 6.21. The molecule has 2 aliphatic rings. The van der Waals surface area contributed by atoms with Gasteiger partial charge in [0, 0.05) is 18.9 Å². The number of rotatable bonds is 5. The maximum Gasteiger partial charge on any atom is 0.228 e. The second kappa shape index (κ2) is 4.77. The maximum atomic E-state index is 6.21. The molecule has 0 amide bonds. The van der Waals surface area contributed by atoms with Gasteiger partial charge in [-0.2, -0.15) is 4.98 Å². The molecule has 4 nitrogen and oxygen atoms in total. The number of aromatic nitrogens is 2. The molecule has 2 saturated carbocycles. The third kappa shape index (κ3) is 2.86. The lowest BCUT2D eigenvalue weighted by Gasteiger charge is -2.16. The lowest BCUT2D eigenvalue weighted by atomic mass is 9.96. The molecule has 17 heavy (non-hydrogen) atoms. The van der Waals surface area contributed by atoms with Gasteiger partial charge in [-0.25, -0.2) is 0 Å². The standard InChI is InChI=1S/C13H21N3O/c14-11(10-3-1-2-4-10)8-13-15-12(16-17-13)7-9-5-6-9/h9-11H,1-8,14H2. The largest absolute Gasteiger partial charge is 0.339 e. The van der Waals surface area contributed by atoms with E-state index < -0.39 is 0 Å². The molecule has 0 saturated heterocycles. The van der Waals surface area contributed by atoms with Gasteiger partial charge in [0.2, 0.25) is 5.89 Å². The van der Waals surface area contributed by atoms with Crippen LogP contribution in [-0.4, -0.2) is 16.2 Å². The zero-order valence-corrected chi connectivity index (χ0v) is 10.3. The number of nitrogens with two attached hydrogens (primary N) is 1. The van der Waals surface area contributed by atoms with Crippen LogP contribution in [0.5, 0.6) is 0 Å². The number of hydrogen-bond acceptors (Lipinski definition) is 4. The highest BCUT2D eigenvalue weighted by atomic mass is 16.5. The summed E-state index contributed by atoms with van der Waals surface area (Å²) in [6.07, 6.45) is 9.58. The van der Waals surface area contributed by atoms with Crippen LogP contribution in [-0.2, 0) is 12.8 Å². The SMILES string of the molecule is NC(Cc1nc(CC2CC2)no1)C1CCCC1. The summed E-state index contributed by atoms with van der Waals surface area (Å²) in [6, 6.07) is 0.201. The van der Waals surface area contributed by atoms with Crippen LogP contribution in [0.15, 0.2) is 4.52 Å². The Morgan fingerprint density at radius 1 is 1.24 bits per heavy atom. The summed E-state index contributed by atoms with van der Waals surface area (Å²) in [4.78, 5) is 4.44. The Labute approximate surface area is 102 Å². The van der Waals surface area contributed by atoms with Crippen molar-refractivity contribution in [3.05, 3.63) is 11.7 Å². The predicted octanol–water partition coefficient (Wildman–Crippen LogP) is 2.08. The zero-order chi connectivity index (χ0) is 11.7. The summed E-state index contributed by atoms with van der Waals surface area (Å²) in [5.74, 6) is 3.08. The van der Waals surface area contributed by atoms with Crippen molar-refractivity contribution in [2.45, 2.75) is 57.4 Å². The average Bonchev–Trinajstić information content (AvgIpc) is 2.83. The molecule has 2 aliphatic carbocycles. The van der Waals surface area contributed by atoms with E-state index in [2.05, 4.69) is 10.1 Å². The molecule has 0 aliphatic heterocycles. The first kappa shape index (κ1) is 11.2. The van der Waals surface area contributed by atoms with Crippen molar-refractivity contribution in [3.8, 4) is 0 Å². The molecule has 0 bridgehead atoms. The minimum Gasteiger partial charge on any atom is -0.339 e. The third-order valence-electron chi connectivity index (χ3n) is 4.09. The molecule has 1 aromatic rings. The Balaban J connectivity index is 1.54. The topological polar surface area (TPSA) is 64.9 Å². The first-order valence-electron chi connectivity index (χ1n) is 6.88. The summed E-state index contributed by atoms with van der Waals surface area (Å²) >= 11 is 0. The van der Waals surface area contributed by atoms with E-state index in [4.69, 9.17) is 10.3 Å². The van der Waals surface area contributed by atoms with Crippen molar-refractivity contribution in [2.75, 3.05) is 0 Å². The van der Waals surface area contributed by atoms with Gasteiger partial charge in [0.25, 0.3) is 0 Å². The fourth-order valence-electron chi connectivity index (χ4n) is 2.79. The van der Waals surface area contributed by atoms with Crippen molar-refractivity contribution in [1.29, 1.82) is 0 Å². The van der Waals surface area contributed by atoms with Crippen LogP contribution in [0.1, 0.15) is 50.2 Å². The molecule has 2 N–H and O–H groups in total. The molecule has 4 heteroatoms. The summed E-state index contributed by atoms with van der Waals surface area (Å²) < 4.78 is 5.28. The summed E-state index contributed by atoms with van der Waals surface area (Å²) in [5.41, 5.74) is 6.21. The Morgan fingerprint density at radius 2 is 2.00 bits per heavy atom. The minimum atomic E-state index is 0.201. The van der Waals surface area contributed by atoms with E-state index in [9.17, 15) is 0 Å². The molecule has 1 aromatic heterocycles. The smallest absolute Gasteiger partial charge is 0.228 e. The minimum absolute atomic E-state index is 0.201. The Morgan fingerprint density at radius 3 is 2.71 bits per heavy atom. The molecule has 1 atom stereocenters. The van der Waals surface area contributed by atoms with Crippen LogP contribution in [0.25, 0.3) is 0 Å². The number of hydrogen-bond donors (Lipinski definition) is 1. The van der Waals surface area contributed by atoms with Crippen LogP contribution in [0, 0.1) is 11.8 Å². The van der Waals surface area contributed by atoms with Gasteiger partial charge < -0.3 is 10.3 Å². The quantitative estimate of drug-likeness (QED) is 0.848. The fraction of sp³-hybridized carbons (Fsp3) is 0.846. The molecular formula is C13H21N3O. The highest BCUT2D eigenvalue weighted by molar-refractivity contribution is 4.94. The molecule has 1 heterocycles. The van der Waals surface area contributed by atoms with Gasteiger partial charge in [-0.15, -0.1) is 0 Å². The summed E-state index contributed by atoms with van der Waals surface area (Å²) in [7, 11) is 0. The monoisotopic (exact) mass is 235 g/mol. The second-order valence-electron chi connectivity index (χ2n) is 5.66. The first-order valence-corrected chi connectivity index (χ1v) is 6.88. The van der Waals surface area contributed by atoms with Crippen LogP contribution in [0.4, 0.5) is 0 Å². The molecule has 0 spiro atoms. The van der Waals surface area contributed by atoms with Crippen LogP contribution in [0.2, 0.25) is 0 Å². The van der Waals surface area contributed by atoms with E-state index in [0.29, 0.717) is 5.92 Å². The van der Waals surface area contributed by atoms with E-state index in [1.54, 1.807) is 0 Å². The van der Waals surface area contributed by atoms with E-state index in [1.807, 2.05) is 0 Å². The lowest BCUT2D eigenvalue weighted by Crippen LogP contribution is -2.30. The second-order valence-corrected chi connectivity index (χ2v) is 5.66. The average molecular weight is 235 g/mol. The fourth-order valence-corrected chi connectivity index (χ4v) is 2.79.